The lowest BCUT2D eigenvalue weighted by Gasteiger charge is -2.24. The van der Waals surface area contributed by atoms with Crippen molar-refractivity contribution in [1.29, 1.82) is 0 Å². The van der Waals surface area contributed by atoms with E-state index >= 15 is 0 Å². The molecule has 0 radical (unpaired) electrons. The van der Waals surface area contributed by atoms with E-state index in [2.05, 4.69) is 31.6 Å². The van der Waals surface area contributed by atoms with Crippen LogP contribution in [0.4, 0.5) is 17.6 Å². The molecule has 0 spiro atoms. The molecule has 2 aliphatic carbocycles. The third-order valence-electron chi connectivity index (χ3n) is 5.72. The van der Waals surface area contributed by atoms with Gasteiger partial charge >= 0.3 is 0 Å². The number of rotatable bonds is 4. The Bertz CT molecular complexity index is 547. The van der Waals surface area contributed by atoms with Gasteiger partial charge in [0, 0.05) is 31.2 Å². The summed E-state index contributed by atoms with van der Waals surface area (Å²) in [6.07, 6.45) is 6.61. The second kappa shape index (κ2) is 5.57. The first-order valence-electron chi connectivity index (χ1n) is 8.54. The van der Waals surface area contributed by atoms with E-state index < -0.39 is 0 Å². The zero-order valence-corrected chi connectivity index (χ0v) is 13.3. The molecule has 1 aromatic rings. The van der Waals surface area contributed by atoms with Crippen molar-refractivity contribution in [3.05, 3.63) is 6.07 Å². The van der Waals surface area contributed by atoms with Crippen molar-refractivity contribution >= 4 is 17.6 Å². The normalized spacial score (nSPS) is 33.6. The van der Waals surface area contributed by atoms with Gasteiger partial charge in [0.2, 0.25) is 5.95 Å². The monoisotopic (exact) mass is 302 g/mol. The van der Waals surface area contributed by atoms with Gasteiger partial charge < -0.3 is 21.3 Å². The number of nitrogens with one attached hydrogen (secondary N) is 2. The van der Waals surface area contributed by atoms with Crippen LogP contribution in [-0.4, -0.2) is 42.2 Å². The number of nitrogens with zero attached hydrogens (tertiary/aromatic N) is 3. The summed E-state index contributed by atoms with van der Waals surface area (Å²) in [6, 6.07) is 3.18. The van der Waals surface area contributed by atoms with Gasteiger partial charge in [0.1, 0.15) is 11.6 Å². The Balaban J connectivity index is 1.49. The quantitative estimate of drug-likeness (QED) is 0.781. The largest absolute Gasteiger partial charge is 0.368 e. The zero-order chi connectivity index (χ0) is 15.1. The Morgan fingerprint density at radius 1 is 1.23 bits per heavy atom. The molecule has 2 bridgehead atoms. The molecule has 6 heteroatoms. The molecule has 2 heterocycles. The van der Waals surface area contributed by atoms with Crippen LogP contribution in [0.1, 0.15) is 32.1 Å². The number of likely N-dealkylation sites (N-methyl/N-ethyl adjacent to an activating group) is 1. The molecule has 3 fully saturated rings. The Morgan fingerprint density at radius 2 is 2.14 bits per heavy atom. The van der Waals surface area contributed by atoms with Crippen LogP contribution in [0.25, 0.3) is 0 Å². The fraction of sp³-hybridized carbons (Fsp3) is 0.750. The Labute approximate surface area is 131 Å². The van der Waals surface area contributed by atoms with E-state index in [9.17, 15) is 0 Å². The average Bonchev–Trinajstić information content (AvgIpc) is 3.23. The maximum Gasteiger partial charge on any atom is 0.223 e. The number of fused-ring (bicyclic) bond motifs is 2. The highest BCUT2D eigenvalue weighted by atomic mass is 15.3. The van der Waals surface area contributed by atoms with Gasteiger partial charge in [-0.15, -0.1) is 0 Å². The SMILES string of the molecule is CNC1CCN(c2cc(NC3CC4CC[C@@H]3C4)nc(N)n2)C1. The summed E-state index contributed by atoms with van der Waals surface area (Å²) in [6.45, 7) is 2.01. The second-order valence-electron chi connectivity index (χ2n) is 7.12. The Hall–Kier alpha value is -1.56. The molecule has 6 nitrogen and oxygen atoms in total. The van der Waals surface area contributed by atoms with E-state index in [0.29, 0.717) is 18.0 Å². The number of nitrogen functional groups attached to an aromatic ring is 1. The molecule has 1 aromatic heterocycles. The maximum atomic E-state index is 5.94. The van der Waals surface area contributed by atoms with Crippen LogP contribution in [0.2, 0.25) is 0 Å². The van der Waals surface area contributed by atoms with Gasteiger partial charge in [-0.3, -0.25) is 0 Å². The van der Waals surface area contributed by atoms with Crippen molar-refractivity contribution in [3.63, 3.8) is 0 Å². The number of anilines is 3. The van der Waals surface area contributed by atoms with Gasteiger partial charge in [0.15, 0.2) is 0 Å². The first-order valence-corrected chi connectivity index (χ1v) is 8.54. The number of aromatic nitrogens is 2. The van der Waals surface area contributed by atoms with E-state index in [1.54, 1.807) is 0 Å². The van der Waals surface area contributed by atoms with Crippen LogP contribution in [0.3, 0.4) is 0 Å². The molecule has 0 aromatic carbocycles. The van der Waals surface area contributed by atoms with Gasteiger partial charge in [0.05, 0.1) is 0 Å². The van der Waals surface area contributed by atoms with E-state index in [1.165, 1.54) is 25.7 Å². The maximum absolute atomic E-state index is 5.94. The minimum atomic E-state index is 0.371. The van der Waals surface area contributed by atoms with Gasteiger partial charge in [-0.25, -0.2) is 0 Å². The standard InChI is InChI=1S/C16H26N6/c1-18-12-4-5-22(9-12)15-8-14(20-16(17)21-15)19-13-7-10-2-3-11(13)6-10/h8,10-13,18H,2-7,9H2,1H3,(H3,17,19,20,21)/t10?,11-,12?,13?/m1/s1. The Morgan fingerprint density at radius 3 is 2.82 bits per heavy atom. The third kappa shape index (κ3) is 2.60. The summed E-state index contributed by atoms with van der Waals surface area (Å²) in [5, 5.41) is 6.97. The van der Waals surface area contributed by atoms with Crippen LogP contribution >= 0.6 is 0 Å². The second-order valence-corrected chi connectivity index (χ2v) is 7.12. The summed E-state index contributed by atoms with van der Waals surface area (Å²) in [4.78, 5) is 11.1. The fourth-order valence-corrected chi connectivity index (χ4v) is 4.50. The lowest BCUT2D eigenvalue weighted by atomic mass is 9.95. The van der Waals surface area contributed by atoms with Crippen molar-refractivity contribution in [2.45, 2.75) is 44.2 Å². The van der Waals surface area contributed by atoms with Crippen LogP contribution in [0.15, 0.2) is 6.07 Å². The van der Waals surface area contributed by atoms with Gasteiger partial charge in [0.25, 0.3) is 0 Å². The lowest BCUT2D eigenvalue weighted by molar-refractivity contribution is 0.439. The minimum Gasteiger partial charge on any atom is -0.368 e. The molecule has 4 N–H and O–H groups in total. The van der Waals surface area contributed by atoms with Crippen molar-refractivity contribution in [3.8, 4) is 0 Å². The fourth-order valence-electron chi connectivity index (χ4n) is 4.50. The number of nitrogens with two attached hydrogens (primary N) is 1. The van der Waals surface area contributed by atoms with Crippen LogP contribution in [-0.2, 0) is 0 Å². The first-order chi connectivity index (χ1) is 10.7. The summed E-state index contributed by atoms with van der Waals surface area (Å²) in [5.41, 5.74) is 5.94. The van der Waals surface area contributed by atoms with Crippen molar-refractivity contribution in [2.75, 3.05) is 36.1 Å². The molecule has 4 atom stereocenters. The van der Waals surface area contributed by atoms with Gasteiger partial charge in [-0.1, -0.05) is 6.42 Å². The highest BCUT2D eigenvalue weighted by Crippen LogP contribution is 2.45. The van der Waals surface area contributed by atoms with Crippen molar-refractivity contribution < 1.29 is 0 Å². The highest BCUT2D eigenvalue weighted by molar-refractivity contribution is 5.54. The third-order valence-corrected chi connectivity index (χ3v) is 5.72. The molecule has 22 heavy (non-hydrogen) atoms. The molecule has 3 aliphatic rings. The molecular formula is C16H26N6. The molecule has 2 saturated carbocycles. The van der Waals surface area contributed by atoms with E-state index in [4.69, 9.17) is 5.73 Å². The smallest absolute Gasteiger partial charge is 0.223 e. The van der Waals surface area contributed by atoms with Crippen LogP contribution < -0.4 is 21.3 Å². The molecular weight excluding hydrogens is 276 g/mol. The van der Waals surface area contributed by atoms with Crippen LogP contribution in [0.5, 0.6) is 0 Å². The van der Waals surface area contributed by atoms with Crippen molar-refractivity contribution in [2.24, 2.45) is 11.8 Å². The average molecular weight is 302 g/mol. The topological polar surface area (TPSA) is 79.1 Å². The minimum absolute atomic E-state index is 0.371. The zero-order valence-electron chi connectivity index (χ0n) is 13.3. The molecule has 4 rings (SSSR count). The highest BCUT2D eigenvalue weighted by Gasteiger charge is 2.39. The van der Waals surface area contributed by atoms with E-state index in [-0.39, 0.29) is 0 Å². The molecule has 3 unspecified atom stereocenters. The van der Waals surface area contributed by atoms with Crippen molar-refractivity contribution in [1.82, 2.24) is 15.3 Å². The Kier molecular flexibility index (Phi) is 3.56. The van der Waals surface area contributed by atoms with E-state index in [1.807, 2.05) is 7.05 Å². The molecule has 0 amide bonds. The predicted molar refractivity (Wildman–Crippen MR) is 89.0 cm³/mol. The summed E-state index contributed by atoms with van der Waals surface area (Å²) in [7, 11) is 2.02. The predicted octanol–water partition coefficient (Wildman–Crippen LogP) is 1.46. The van der Waals surface area contributed by atoms with Gasteiger partial charge in [-0.2, -0.15) is 9.97 Å². The first kappa shape index (κ1) is 14.1. The number of hydrogen-bond donors (Lipinski definition) is 3. The summed E-state index contributed by atoms with van der Waals surface area (Å²) in [5.74, 6) is 3.97. The van der Waals surface area contributed by atoms with Crippen LogP contribution in [0, 0.1) is 11.8 Å². The molecule has 1 saturated heterocycles. The number of hydrogen-bond acceptors (Lipinski definition) is 6. The van der Waals surface area contributed by atoms with E-state index in [0.717, 1.165) is 43.0 Å². The lowest BCUT2D eigenvalue weighted by Crippen LogP contribution is -2.30. The molecule has 1 aliphatic heterocycles. The summed E-state index contributed by atoms with van der Waals surface area (Å²) >= 11 is 0. The summed E-state index contributed by atoms with van der Waals surface area (Å²) < 4.78 is 0. The molecule has 120 valence electrons. The van der Waals surface area contributed by atoms with Gasteiger partial charge in [-0.05, 0) is 44.6 Å².